The molecule has 0 saturated heterocycles. The molecule has 0 saturated carbocycles. The maximum Gasteiger partial charge on any atom is 0.246 e. The van der Waals surface area contributed by atoms with Crippen molar-refractivity contribution >= 4 is 34.7 Å². The van der Waals surface area contributed by atoms with Crippen LogP contribution in [0.15, 0.2) is 47.0 Å². The minimum atomic E-state index is -0.101. The highest BCUT2D eigenvalue weighted by Gasteiger charge is 2.16. The third kappa shape index (κ3) is 3.53. The van der Waals surface area contributed by atoms with E-state index < -0.39 is 0 Å². The van der Waals surface area contributed by atoms with E-state index in [0.717, 1.165) is 33.4 Å². The van der Waals surface area contributed by atoms with Crippen molar-refractivity contribution in [2.24, 2.45) is 0 Å². The number of carbonyl (C=O) groups excluding carboxylic acids is 2. The normalized spacial score (nSPS) is 13.6. The lowest BCUT2D eigenvalue weighted by atomic mass is 10.0. The highest BCUT2D eigenvalue weighted by atomic mass is 16.3. The smallest absolute Gasteiger partial charge is 0.246 e. The van der Waals surface area contributed by atoms with Gasteiger partial charge in [0.25, 0.3) is 0 Å². The molecule has 0 unspecified atom stereocenters. The molecule has 142 valence electrons. The average Bonchev–Trinajstić information content (AvgIpc) is 3.01. The highest BCUT2D eigenvalue weighted by molar-refractivity contribution is 5.94. The minimum Gasteiger partial charge on any atom is -0.461 e. The predicted molar refractivity (Wildman–Crippen MR) is 108 cm³/mol. The van der Waals surface area contributed by atoms with E-state index in [0.29, 0.717) is 25.2 Å². The number of anilines is 1. The van der Waals surface area contributed by atoms with Gasteiger partial charge in [-0.25, -0.2) is 4.98 Å². The summed E-state index contributed by atoms with van der Waals surface area (Å²) in [7, 11) is 1.77. The van der Waals surface area contributed by atoms with E-state index in [1.54, 1.807) is 30.3 Å². The van der Waals surface area contributed by atoms with Crippen molar-refractivity contribution in [3.63, 3.8) is 0 Å². The Morgan fingerprint density at radius 3 is 3.00 bits per heavy atom. The zero-order chi connectivity index (χ0) is 19.7. The second-order valence-corrected chi connectivity index (χ2v) is 6.99. The van der Waals surface area contributed by atoms with Crippen LogP contribution in [0.2, 0.25) is 0 Å². The molecule has 1 aliphatic rings. The maximum absolute atomic E-state index is 12.6. The van der Waals surface area contributed by atoms with E-state index in [1.807, 2.05) is 37.3 Å². The number of likely N-dealkylation sites (N-methyl/N-ethyl adjacent to an activating group) is 1. The van der Waals surface area contributed by atoms with Crippen molar-refractivity contribution in [1.82, 2.24) is 9.88 Å². The van der Waals surface area contributed by atoms with Crippen molar-refractivity contribution in [2.45, 2.75) is 26.3 Å². The molecule has 3 heterocycles. The van der Waals surface area contributed by atoms with Crippen molar-refractivity contribution in [3.8, 4) is 0 Å². The van der Waals surface area contributed by atoms with E-state index in [1.165, 1.54) is 0 Å². The maximum atomic E-state index is 12.6. The summed E-state index contributed by atoms with van der Waals surface area (Å²) < 4.78 is 5.78. The van der Waals surface area contributed by atoms with Gasteiger partial charge in [-0.3, -0.25) is 9.59 Å². The fourth-order valence-electron chi connectivity index (χ4n) is 3.39. The van der Waals surface area contributed by atoms with Crippen LogP contribution in [0.3, 0.4) is 0 Å². The molecule has 2 aromatic heterocycles. The number of hydrogen-bond acceptors (Lipinski definition) is 4. The first-order valence-corrected chi connectivity index (χ1v) is 9.20. The van der Waals surface area contributed by atoms with Crippen LogP contribution in [0.25, 0.3) is 17.0 Å². The van der Waals surface area contributed by atoms with Gasteiger partial charge in [0.1, 0.15) is 17.2 Å². The van der Waals surface area contributed by atoms with Crippen molar-refractivity contribution < 1.29 is 14.0 Å². The van der Waals surface area contributed by atoms with Gasteiger partial charge < -0.3 is 14.6 Å². The number of rotatable bonds is 4. The Hall–Kier alpha value is -3.41. The molecule has 6 heteroatoms. The number of aromatic nitrogens is 1. The van der Waals surface area contributed by atoms with E-state index >= 15 is 0 Å². The minimum absolute atomic E-state index is 0.0119. The Kier molecular flexibility index (Phi) is 4.69. The van der Waals surface area contributed by atoms with Gasteiger partial charge in [0.05, 0.1) is 0 Å². The molecule has 1 aromatic carbocycles. The summed E-state index contributed by atoms with van der Waals surface area (Å²) in [6, 6.07) is 9.80. The lowest BCUT2D eigenvalue weighted by Gasteiger charge is -2.16. The molecule has 28 heavy (non-hydrogen) atoms. The molecule has 1 N–H and O–H groups in total. The third-order valence-electron chi connectivity index (χ3n) is 4.96. The van der Waals surface area contributed by atoms with Crippen LogP contribution < -0.4 is 5.32 Å². The zero-order valence-electron chi connectivity index (χ0n) is 15.9. The Bertz CT molecular complexity index is 1100. The number of benzene rings is 1. The molecule has 0 atom stereocenters. The number of para-hydroxylation sites is 1. The summed E-state index contributed by atoms with van der Waals surface area (Å²) in [6.07, 6.45) is 6.07. The molecular formula is C22H21N3O3. The van der Waals surface area contributed by atoms with Gasteiger partial charge >= 0.3 is 0 Å². The van der Waals surface area contributed by atoms with Gasteiger partial charge in [-0.05, 0) is 42.7 Å². The fourth-order valence-corrected chi connectivity index (χ4v) is 3.39. The summed E-state index contributed by atoms with van der Waals surface area (Å²) in [4.78, 5) is 29.9. The molecule has 0 fully saturated rings. The van der Waals surface area contributed by atoms with Crippen LogP contribution >= 0.6 is 0 Å². The zero-order valence-corrected chi connectivity index (χ0v) is 15.9. The lowest BCUT2D eigenvalue weighted by Crippen LogP contribution is -2.24. The monoisotopic (exact) mass is 375 g/mol. The molecule has 0 spiro atoms. The highest BCUT2D eigenvalue weighted by Crippen LogP contribution is 2.26. The fraction of sp³-hybridized carbons (Fsp3) is 0.227. The Morgan fingerprint density at radius 1 is 1.32 bits per heavy atom. The molecule has 2 amide bonds. The number of pyridine rings is 1. The Balaban J connectivity index is 1.47. The van der Waals surface area contributed by atoms with Crippen LogP contribution in [0, 0.1) is 6.92 Å². The number of hydrogen-bond donors (Lipinski definition) is 1. The van der Waals surface area contributed by atoms with Gasteiger partial charge in [-0.1, -0.05) is 18.2 Å². The van der Waals surface area contributed by atoms with Crippen LogP contribution in [-0.4, -0.2) is 28.7 Å². The van der Waals surface area contributed by atoms with E-state index in [-0.39, 0.29) is 11.8 Å². The van der Waals surface area contributed by atoms with Gasteiger partial charge in [-0.15, -0.1) is 0 Å². The van der Waals surface area contributed by atoms with E-state index in [9.17, 15) is 9.59 Å². The summed E-state index contributed by atoms with van der Waals surface area (Å²) in [5.41, 5.74) is 3.68. The molecule has 0 bridgehead atoms. The summed E-state index contributed by atoms with van der Waals surface area (Å²) in [5, 5.41) is 3.79. The number of fused-ring (bicyclic) bond motifs is 2. The molecular weight excluding hydrogens is 354 g/mol. The Morgan fingerprint density at radius 2 is 2.14 bits per heavy atom. The first-order chi connectivity index (χ1) is 13.5. The molecule has 6 nitrogen and oxygen atoms in total. The number of nitrogens with zero attached hydrogens (tertiary/aromatic N) is 2. The standard InChI is InChI=1S/C22H21N3O3/c1-14-18(17-5-3-4-6-19(17)28-14)13-25(2)21(27)10-7-15-11-16-8-9-20(26)24-22(16)23-12-15/h3-7,10-12H,8-9,13H2,1-2H3,(H,23,24,26). The van der Waals surface area contributed by atoms with Crippen LogP contribution in [0.1, 0.15) is 28.9 Å². The number of nitrogens with one attached hydrogen (secondary N) is 1. The van der Waals surface area contributed by atoms with Gasteiger partial charge in [0, 0.05) is 43.2 Å². The molecule has 0 radical (unpaired) electrons. The number of amides is 2. The Labute approximate surface area is 162 Å². The lowest BCUT2D eigenvalue weighted by molar-refractivity contribution is -0.125. The second kappa shape index (κ2) is 7.31. The largest absolute Gasteiger partial charge is 0.461 e. The van der Waals surface area contributed by atoms with E-state index in [4.69, 9.17) is 4.42 Å². The van der Waals surface area contributed by atoms with Crippen LogP contribution in [0.5, 0.6) is 0 Å². The SMILES string of the molecule is Cc1oc2ccccc2c1CN(C)C(=O)C=Cc1cnc2c(c1)CCC(=O)N2. The molecule has 4 rings (SSSR count). The van der Waals surface area contributed by atoms with Crippen molar-refractivity contribution in [3.05, 3.63) is 65.1 Å². The van der Waals surface area contributed by atoms with Crippen molar-refractivity contribution in [2.75, 3.05) is 12.4 Å². The topological polar surface area (TPSA) is 75.4 Å². The first kappa shape index (κ1) is 18.0. The summed E-state index contributed by atoms with van der Waals surface area (Å²) in [6.45, 7) is 2.39. The molecule has 0 aliphatic carbocycles. The molecule has 3 aromatic rings. The summed E-state index contributed by atoms with van der Waals surface area (Å²) >= 11 is 0. The number of furan rings is 1. The second-order valence-electron chi connectivity index (χ2n) is 6.99. The average molecular weight is 375 g/mol. The van der Waals surface area contributed by atoms with Gasteiger partial charge in [-0.2, -0.15) is 0 Å². The predicted octanol–water partition coefficient (Wildman–Crippen LogP) is 3.69. The van der Waals surface area contributed by atoms with Gasteiger partial charge in [0.15, 0.2) is 0 Å². The number of aryl methyl sites for hydroxylation is 2. The third-order valence-corrected chi connectivity index (χ3v) is 4.96. The van der Waals surface area contributed by atoms with Crippen LogP contribution in [-0.2, 0) is 22.6 Å². The first-order valence-electron chi connectivity index (χ1n) is 9.20. The van der Waals surface area contributed by atoms with Crippen LogP contribution in [0.4, 0.5) is 5.82 Å². The molecule has 1 aliphatic heterocycles. The summed E-state index contributed by atoms with van der Waals surface area (Å²) in [5.74, 6) is 1.32. The number of carbonyl (C=O) groups is 2. The van der Waals surface area contributed by atoms with Gasteiger partial charge in [0.2, 0.25) is 11.8 Å². The van der Waals surface area contributed by atoms with Crippen molar-refractivity contribution in [1.29, 1.82) is 0 Å². The van der Waals surface area contributed by atoms with E-state index in [2.05, 4.69) is 10.3 Å². The quantitative estimate of drug-likeness (QED) is 0.706.